The molecule has 8 nitrogen and oxygen atoms in total. The molecular weight excluding hydrogens is 334 g/mol. The van der Waals surface area contributed by atoms with Crippen LogP contribution in [-0.4, -0.2) is 44.2 Å². The first-order valence-corrected chi connectivity index (χ1v) is 9.37. The summed E-state index contributed by atoms with van der Waals surface area (Å²) in [6.45, 7) is 0.134. The van der Waals surface area contributed by atoms with Crippen molar-refractivity contribution in [3.05, 3.63) is 35.4 Å². The highest BCUT2D eigenvalue weighted by Gasteiger charge is 2.34. The Hall–Kier alpha value is -2.42. The summed E-state index contributed by atoms with van der Waals surface area (Å²) in [6, 6.07) is 6.77. The molecule has 0 aromatic heterocycles. The summed E-state index contributed by atoms with van der Waals surface area (Å²) >= 11 is 0. The quantitative estimate of drug-likeness (QED) is 0.596. The van der Waals surface area contributed by atoms with E-state index in [-0.39, 0.29) is 30.4 Å². The molecule has 1 aromatic carbocycles. The van der Waals surface area contributed by atoms with Gasteiger partial charge in [0, 0.05) is 12.1 Å². The zero-order chi connectivity index (χ0) is 17.3. The van der Waals surface area contributed by atoms with Crippen LogP contribution in [0.1, 0.15) is 28.3 Å². The number of hydrazine groups is 1. The molecule has 3 rings (SSSR count). The number of benzene rings is 1. The third-order valence-corrected chi connectivity index (χ3v) is 6.04. The second-order valence-electron chi connectivity index (χ2n) is 5.93. The number of carbonyl (C=O) groups is 3. The Labute approximate surface area is 138 Å². The average Bonchev–Trinajstić information content (AvgIpc) is 2.93. The SMILES string of the molecule is O=C1NCC(C(=O)NNC(=O)C2CCS(=O)(=O)C2)c2ccccc21. The van der Waals surface area contributed by atoms with Crippen LogP contribution in [0.5, 0.6) is 0 Å². The fourth-order valence-corrected chi connectivity index (χ4v) is 4.70. The Morgan fingerprint density at radius 3 is 2.54 bits per heavy atom. The van der Waals surface area contributed by atoms with Gasteiger partial charge in [0.05, 0.1) is 23.3 Å². The minimum absolute atomic E-state index is 0.0128. The lowest BCUT2D eigenvalue weighted by Crippen LogP contribution is -2.49. The van der Waals surface area contributed by atoms with Crippen LogP contribution in [0.15, 0.2) is 24.3 Å². The van der Waals surface area contributed by atoms with Gasteiger partial charge in [-0.25, -0.2) is 8.42 Å². The third-order valence-electron chi connectivity index (χ3n) is 4.28. The largest absolute Gasteiger partial charge is 0.351 e. The van der Waals surface area contributed by atoms with E-state index in [1.807, 2.05) is 0 Å². The maximum atomic E-state index is 12.3. The van der Waals surface area contributed by atoms with Gasteiger partial charge in [0.2, 0.25) is 11.8 Å². The number of fused-ring (bicyclic) bond motifs is 1. The number of sulfone groups is 1. The number of carbonyl (C=O) groups excluding carboxylic acids is 3. The van der Waals surface area contributed by atoms with E-state index in [1.54, 1.807) is 24.3 Å². The molecule has 9 heteroatoms. The fourth-order valence-electron chi connectivity index (χ4n) is 2.96. The molecule has 2 aliphatic heterocycles. The number of nitrogens with one attached hydrogen (secondary N) is 3. The predicted octanol–water partition coefficient (Wildman–Crippen LogP) is -0.904. The van der Waals surface area contributed by atoms with E-state index in [0.717, 1.165) is 0 Å². The lowest BCUT2D eigenvalue weighted by Gasteiger charge is -2.25. The molecule has 0 radical (unpaired) electrons. The molecule has 0 saturated carbocycles. The Morgan fingerprint density at radius 1 is 1.12 bits per heavy atom. The number of amides is 3. The summed E-state index contributed by atoms with van der Waals surface area (Å²) in [5.74, 6) is -2.69. The monoisotopic (exact) mass is 351 g/mol. The van der Waals surface area contributed by atoms with E-state index in [2.05, 4.69) is 16.2 Å². The Bertz CT molecular complexity index is 805. The molecule has 2 unspecified atom stereocenters. The molecule has 2 aliphatic rings. The number of rotatable bonds is 2. The highest BCUT2D eigenvalue weighted by Crippen LogP contribution is 2.24. The van der Waals surface area contributed by atoms with Gasteiger partial charge < -0.3 is 5.32 Å². The van der Waals surface area contributed by atoms with E-state index >= 15 is 0 Å². The molecule has 0 bridgehead atoms. The van der Waals surface area contributed by atoms with Crippen LogP contribution in [0.3, 0.4) is 0 Å². The highest BCUT2D eigenvalue weighted by molar-refractivity contribution is 7.91. The van der Waals surface area contributed by atoms with Crippen LogP contribution >= 0.6 is 0 Å². The molecule has 24 heavy (non-hydrogen) atoms. The van der Waals surface area contributed by atoms with Crippen molar-refractivity contribution in [2.45, 2.75) is 12.3 Å². The fraction of sp³-hybridized carbons (Fsp3) is 0.400. The van der Waals surface area contributed by atoms with Gasteiger partial charge in [0.15, 0.2) is 9.84 Å². The van der Waals surface area contributed by atoms with Crippen LogP contribution in [0.2, 0.25) is 0 Å². The van der Waals surface area contributed by atoms with Gasteiger partial charge >= 0.3 is 0 Å². The lowest BCUT2D eigenvalue weighted by molar-refractivity contribution is -0.131. The first-order chi connectivity index (χ1) is 11.4. The van der Waals surface area contributed by atoms with Crippen LogP contribution in [0.25, 0.3) is 0 Å². The summed E-state index contributed by atoms with van der Waals surface area (Å²) in [7, 11) is -3.17. The van der Waals surface area contributed by atoms with Crippen LogP contribution in [0, 0.1) is 5.92 Å². The van der Waals surface area contributed by atoms with Crippen LogP contribution < -0.4 is 16.2 Å². The van der Waals surface area contributed by atoms with Crippen molar-refractivity contribution >= 4 is 27.6 Å². The van der Waals surface area contributed by atoms with Gasteiger partial charge in [-0.15, -0.1) is 0 Å². The topological polar surface area (TPSA) is 121 Å². The van der Waals surface area contributed by atoms with Gasteiger partial charge in [-0.2, -0.15) is 0 Å². The van der Waals surface area contributed by atoms with Crippen LogP contribution in [-0.2, 0) is 19.4 Å². The molecular formula is C15H17N3O5S. The minimum Gasteiger partial charge on any atom is -0.351 e. The first-order valence-electron chi connectivity index (χ1n) is 7.54. The predicted molar refractivity (Wildman–Crippen MR) is 84.6 cm³/mol. The smallest absolute Gasteiger partial charge is 0.251 e. The van der Waals surface area contributed by atoms with Gasteiger partial charge in [0.25, 0.3) is 5.91 Å². The first kappa shape index (κ1) is 16.4. The van der Waals surface area contributed by atoms with Crippen molar-refractivity contribution in [1.29, 1.82) is 0 Å². The van der Waals surface area contributed by atoms with E-state index in [1.165, 1.54) is 0 Å². The molecule has 0 aliphatic carbocycles. The molecule has 2 heterocycles. The molecule has 1 aromatic rings. The standard InChI is InChI=1S/C15H17N3O5S/c19-13(9-5-6-24(22,23)8-9)17-18-15(21)12-7-16-14(20)11-4-2-1-3-10(11)12/h1-4,9,12H,5-8H2,(H,16,20)(H,17,19)(H,18,21). The number of hydrogen-bond donors (Lipinski definition) is 3. The van der Waals surface area contributed by atoms with Crippen molar-refractivity contribution < 1.29 is 22.8 Å². The third kappa shape index (κ3) is 3.25. The molecule has 3 amide bonds. The van der Waals surface area contributed by atoms with E-state index in [0.29, 0.717) is 11.1 Å². The Balaban J connectivity index is 1.63. The van der Waals surface area contributed by atoms with Gasteiger partial charge in [-0.1, -0.05) is 18.2 Å². The molecule has 2 atom stereocenters. The van der Waals surface area contributed by atoms with Crippen molar-refractivity contribution in [1.82, 2.24) is 16.2 Å². The zero-order valence-electron chi connectivity index (χ0n) is 12.7. The van der Waals surface area contributed by atoms with Gasteiger partial charge in [0.1, 0.15) is 0 Å². The van der Waals surface area contributed by atoms with Crippen molar-refractivity contribution in [2.24, 2.45) is 5.92 Å². The highest BCUT2D eigenvalue weighted by atomic mass is 32.2. The number of hydrogen-bond acceptors (Lipinski definition) is 5. The molecule has 128 valence electrons. The normalized spacial score (nSPS) is 24.6. The summed E-state index contributed by atoms with van der Waals surface area (Å²) < 4.78 is 22.8. The average molecular weight is 351 g/mol. The summed E-state index contributed by atoms with van der Waals surface area (Å²) in [5, 5.41) is 2.63. The maximum Gasteiger partial charge on any atom is 0.251 e. The summed E-state index contributed by atoms with van der Waals surface area (Å²) in [5.41, 5.74) is 5.64. The molecule has 1 fully saturated rings. The Kier molecular flexibility index (Phi) is 4.27. The second-order valence-corrected chi connectivity index (χ2v) is 8.16. The summed E-state index contributed by atoms with van der Waals surface area (Å²) in [4.78, 5) is 36.1. The van der Waals surface area contributed by atoms with E-state index < -0.39 is 33.5 Å². The minimum atomic E-state index is -3.17. The second kappa shape index (κ2) is 6.23. The van der Waals surface area contributed by atoms with Crippen molar-refractivity contribution in [3.8, 4) is 0 Å². The van der Waals surface area contributed by atoms with E-state index in [4.69, 9.17) is 0 Å². The van der Waals surface area contributed by atoms with Gasteiger partial charge in [-0.05, 0) is 18.1 Å². The molecule has 0 spiro atoms. The Morgan fingerprint density at radius 2 is 1.83 bits per heavy atom. The maximum absolute atomic E-state index is 12.3. The zero-order valence-corrected chi connectivity index (χ0v) is 13.6. The van der Waals surface area contributed by atoms with Crippen LogP contribution in [0.4, 0.5) is 0 Å². The van der Waals surface area contributed by atoms with Crippen molar-refractivity contribution in [2.75, 3.05) is 18.1 Å². The molecule has 1 saturated heterocycles. The van der Waals surface area contributed by atoms with E-state index in [9.17, 15) is 22.8 Å². The van der Waals surface area contributed by atoms with Crippen molar-refractivity contribution in [3.63, 3.8) is 0 Å². The summed E-state index contributed by atoms with van der Waals surface area (Å²) in [6.07, 6.45) is 0.256. The van der Waals surface area contributed by atoms with Gasteiger partial charge in [-0.3, -0.25) is 25.2 Å². The molecule has 3 N–H and O–H groups in total. The lowest BCUT2D eigenvalue weighted by atomic mass is 9.90.